The molecule has 2 aliphatic rings. The summed E-state index contributed by atoms with van der Waals surface area (Å²) < 4.78 is 10.0. The van der Waals surface area contributed by atoms with Crippen LogP contribution < -0.4 is 0 Å². The summed E-state index contributed by atoms with van der Waals surface area (Å²) in [5, 5.41) is 0. The average molecular weight is 294 g/mol. The standard InChI is InChI=1S/C16H22O5/c17-14(12-5-1-2-6-12)11-20-15(18)9-10-16(19)21-13-7-3-4-8-13/h9-10,12-13H,1-8,11H2/b10-9+. The van der Waals surface area contributed by atoms with Crippen LogP contribution in [-0.4, -0.2) is 30.4 Å². The van der Waals surface area contributed by atoms with Crippen LogP contribution in [0.3, 0.4) is 0 Å². The van der Waals surface area contributed by atoms with Gasteiger partial charge in [0.05, 0.1) is 0 Å². The van der Waals surface area contributed by atoms with Gasteiger partial charge < -0.3 is 9.47 Å². The van der Waals surface area contributed by atoms with Crippen LogP contribution in [0.1, 0.15) is 51.4 Å². The summed E-state index contributed by atoms with van der Waals surface area (Å²) in [6.07, 6.45) is 9.91. The van der Waals surface area contributed by atoms with Crippen LogP contribution >= 0.6 is 0 Å². The van der Waals surface area contributed by atoms with Crippen LogP contribution in [0.4, 0.5) is 0 Å². The molecule has 0 heterocycles. The number of rotatable bonds is 6. The van der Waals surface area contributed by atoms with Gasteiger partial charge in [-0.25, -0.2) is 9.59 Å². The fraction of sp³-hybridized carbons (Fsp3) is 0.688. The predicted molar refractivity (Wildman–Crippen MR) is 75.4 cm³/mol. The van der Waals surface area contributed by atoms with E-state index in [1.54, 1.807) is 0 Å². The SMILES string of the molecule is O=C(/C=C/C(=O)OC1CCCC1)OCC(=O)C1CCCC1. The Morgan fingerprint density at radius 3 is 2.10 bits per heavy atom. The van der Waals surface area contributed by atoms with E-state index in [4.69, 9.17) is 9.47 Å². The van der Waals surface area contributed by atoms with Gasteiger partial charge >= 0.3 is 11.9 Å². The van der Waals surface area contributed by atoms with Crippen LogP contribution in [0.2, 0.25) is 0 Å². The third-order valence-electron chi connectivity index (χ3n) is 4.11. The second-order valence-electron chi connectivity index (χ2n) is 5.73. The van der Waals surface area contributed by atoms with Crippen LogP contribution in [0.15, 0.2) is 12.2 Å². The molecule has 5 heteroatoms. The van der Waals surface area contributed by atoms with Gasteiger partial charge in [0.1, 0.15) is 6.10 Å². The monoisotopic (exact) mass is 294 g/mol. The van der Waals surface area contributed by atoms with E-state index in [9.17, 15) is 14.4 Å². The highest BCUT2D eigenvalue weighted by molar-refractivity contribution is 5.93. The first-order valence-corrected chi connectivity index (χ1v) is 7.73. The number of hydrogen-bond acceptors (Lipinski definition) is 5. The molecule has 2 rings (SSSR count). The Balaban J connectivity index is 1.64. The highest BCUT2D eigenvalue weighted by Gasteiger charge is 2.23. The van der Waals surface area contributed by atoms with Crippen molar-refractivity contribution < 1.29 is 23.9 Å². The lowest BCUT2D eigenvalue weighted by atomic mass is 10.0. The third-order valence-corrected chi connectivity index (χ3v) is 4.11. The first-order chi connectivity index (χ1) is 10.1. The van der Waals surface area contributed by atoms with Crippen molar-refractivity contribution in [2.24, 2.45) is 5.92 Å². The summed E-state index contributed by atoms with van der Waals surface area (Å²) in [6, 6.07) is 0. The van der Waals surface area contributed by atoms with E-state index < -0.39 is 11.9 Å². The molecule has 0 saturated heterocycles. The topological polar surface area (TPSA) is 69.7 Å². The molecule has 0 atom stereocenters. The third kappa shape index (κ3) is 5.33. The molecular formula is C16H22O5. The molecule has 2 aliphatic carbocycles. The van der Waals surface area contributed by atoms with Crippen LogP contribution in [0, 0.1) is 5.92 Å². The number of carbonyl (C=O) groups excluding carboxylic acids is 3. The Hall–Kier alpha value is -1.65. The van der Waals surface area contributed by atoms with Crippen molar-refractivity contribution in [2.45, 2.75) is 57.5 Å². The minimum atomic E-state index is -0.676. The van der Waals surface area contributed by atoms with Crippen LogP contribution in [0.5, 0.6) is 0 Å². The highest BCUT2D eigenvalue weighted by atomic mass is 16.5. The maximum absolute atomic E-state index is 11.7. The smallest absolute Gasteiger partial charge is 0.331 e. The fourth-order valence-corrected chi connectivity index (χ4v) is 2.90. The van der Waals surface area contributed by atoms with Crippen molar-refractivity contribution in [3.8, 4) is 0 Å². The fourth-order valence-electron chi connectivity index (χ4n) is 2.90. The maximum Gasteiger partial charge on any atom is 0.331 e. The zero-order valence-electron chi connectivity index (χ0n) is 12.2. The minimum Gasteiger partial charge on any atom is -0.459 e. The molecule has 0 aromatic heterocycles. The molecule has 5 nitrogen and oxygen atoms in total. The molecule has 2 saturated carbocycles. The number of Topliss-reactive ketones (excluding diaryl/α,β-unsaturated/α-hetero) is 1. The van der Waals surface area contributed by atoms with E-state index in [1.807, 2.05) is 0 Å². The molecule has 0 unspecified atom stereocenters. The summed E-state index contributed by atoms with van der Waals surface area (Å²) in [7, 11) is 0. The second-order valence-corrected chi connectivity index (χ2v) is 5.73. The Kier molecular flexibility index (Phi) is 5.96. The number of ether oxygens (including phenoxy) is 2. The van der Waals surface area contributed by atoms with Gasteiger partial charge in [0.2, 0.25) is 0 Å². The Morgan fingerprint density at radius 2 is 1.43 bits per heavy atom. The molecule has 0 bridgehead atoms. The summed E-state index contributed by atoms with van der Waals surface area (Å²) >= 11 is 0. The summed E-state index contributed by atoms with van der Waals surface area (Å²) in [5.41, 5.74) is 0. The zero-order chi connectivity index (χ0) is 15.1. The van der Waals surface area contributed by atoms with E-state index in [2.05, 4.69) is 0 Å². The molecule has 0 aliphatic heterocycles. The van der Waals surface area contributed by atoms with E-state index in [0.717, 1.165) is 63.5 Å². The number of esters is 2. The molecule has 0 N–H and O–H groups in total. The summed E-state index contributed by atoms with van der Waals surface area (Å²) in [6.45, 7) is -0.203. The lowest BCUT2D eigenvalue weighted by Gasteiger charge is -2.08. The first kappa shape index (κ1) is 15.7. The molecule has 0 aromatic carbocycles. The van der Waals surface area contributed by atoms with E-state index in [1.165, 1.54) is 0 Å². The number of carbonyl (C=O) groups is 3. The number of hydrogen-bond donors (Lipinski definition) is 0. The molecular weight excluding hydrogens is 272 g/mol. The normalized spacial score (nSPS) is 20.0. The molecule has 0 spiro atoms. The van der Waals surface area contributed by atoms with Crippen molar-refractivity contribution in [1.29, 1.82) is 0 Å². The largest absolute Gasteiger partial charge is 0.459 e. The minimum absolute atomic E-state index is 0.0252. The second kappa shape index (κ2) is 7.96. The Labute approximate surface area is 124 Å². The Bertz CT molecular complexity index is 414. The van der Waals surface area contributed by atoms with Crippen molar-refractivity contribution in [3.05, 3.63) is 12.2 Å². The van der Waals surface area contributed by atoms with Crippen LogP contribution in [0.25, 0.3) is 0 Å². The van der Waals surface area contributed by atoms with Gasteiger partial charge in [-0.3, -0.25) is 4.79 Å². The van der Waals surface area contributed by atoms with E-state index >= 15 is 0 Å². The van der Waals surface area contributed by atoms with E-state index in [0.29, 0.717) is 0 Å². The van der Waals surface area contributed by atoms with Gasteiger partial charge in [-0.1, -0.05) is 12.8 Å². The lowest BCUT2D eigenvalue weighted by molar-refractivity contribution is -0.145. The quantitative estimate of drug-likeness (QED) is 0.555. The van der Waals surface area contributed by atoms with Gasteiger partial charge in [-0.05, 0) is 38.5 Å². The van der Waals surface area contributed by atoms with Crippen molar-refractivity contribution in [2.75, 3.05) is 6.61 Å². The van der Waals surface area contributed by atoms with Crippen molar-refractivity contribution >= 4 is 17.7 Å². The molecule has 0 aromatic rings. The maximum atomic E-state index is 11.7. The van der Waals surface area contributed by atoms with Gasteiger partial charge in [0, 0.05) is 18.1 Å². The van der Waals surface area contributed by atoms with Gasteiger partial charge in [0.15, 0.2) is 12.4 Å². The average Bonchev–Trinajstić information content (AvgIpc) is 3.15. The van der Waals surface area contributed by atoms with Gasteiger partial charge in [0.25, 0.3) is 0 Å². The molecule has 21 heavy (non-hydrogen) atoms. The molecule has 0 radical (unpaired) electrons. The van der Waals surface area contributed by atoms with Crippen molar-refractivity contribution in [3.63, 3.8) is 0 Å². The lowest BCUT2D eigenvalue weighted by Crippen LogP contribution is -2.19. The Morgan fingerprint density at radius 1 is 0.857 bits per heavy atom. The summed E-state index contributed by atoms with van der Waals surface area (Å²) in [5.74, 6) is -1.19. The van der Waals surface area contributed by atoms with Gasteiger partial charge in [-0.2, -0.15) is 0 Å². The first-order valence-electron chi connectivity index (χ1n) is 7.73. The highest BCUT2D eigenvalue weighted by Crippen LogP contribution is 2.25. The van der Waals surface area contributed by atoms with Crippen molar-refractivity contribution in [1.82, 2.24) is 0 Å². The van der Waals surface area contributed by atoms with E-state index in [-0.39, 0.29) is 24.4 Å². The number of ketones is 1. The predicted octanol–water partition coefficient (Wildman–Crippen LogP) is 2.33. The molecule has 0 amide bonds. The molecule has 2 fully saturated rings. The summed E-state index contributed by atoms with van der Waals surface area (Å²) in [4.78, 5) is 34.6. The van der Waals surface area contributed by atoms with Gasteiger partial charge in [-0.15, -0.1) is 0 Å². The molecule has 116 valence electrons. The zero-order valence-corrected chi connectivity index (χ0v) is 12.2. The van der Waals surface area contributed by atoms with Crippen LogP contribution in [-0.2, 0) is 23.9 Å².